The van der Waals surface area contributed by atoms with Crippen molar-refractivity contribution >= 4 is 0 Å². The van der Waals surface area contributed by atoms with Crippen molar-refractivity contribution in [3.63, 3.8) is 0 Å². The molecule has 0 aromatic rings. The first kappa shape index (κ1) is 8.50. The van der Waals surface area contributed by atoms with Crippen LogP contribution in [0.3, 0.4) is 0 Å². The number of quaternary nitrogens is 1. The maximum Gasteiger partial charge on any atom is 0.102 e. The Balaban J connectivity index is 2.40. The minimum Gasteiger partial charge on any atom is -0.628 e. The Kier molecular flexibility index (Phi) is 2.85. The average molecular weight is 153 g/mol. The Hall–Kier alpha value is -0.600. The second-order valence-corrected chi connectivity index (χ2v) is 2.98. The Labute approximate surface area is 68.0 Å². The van der Waals surface area contributed by atoms with E-state index in [2.05, 4.69) is 6.92 Å². The quantitative estimate of drug-likeness (QED) is 0.450. The molecule has 0 bridgehead atoms. The van der Waals surface area contributed by atoms with Crippen molar-refractivity contribution in [2.24, 2.45) is 0 Å². The fraction of sp³-hybridized carbons (Fsp3) is 0.556. The number of allylic oxidation sites excluding steroid dienone is 2. The first-order valence-corrected chi connectivity index (χ1v) is 4.19. The van der Waals surface area contributed by atoms with Crippen LogP contribution in [0.5, 0.6) is 0 Å². The van der Waals surface area contributed by atoms with E-state index in [1.54, 1.807) is 6.20 Å². The van der Waals surface area contributed by atoms with Crippen LogP contribution in [0.2, 0.25) is 0 Å². The van der Waals surface area contributed by atoms with Gasteiger partial charge in [0.2, 0.25) is 0 Å². The summed E-state index contributed by atoms with van der Waals surface area (Å²) in [4.78, 5) is 0. The summed E-state index contributed by atoms with van der Waals surface area (Å²) in [7, 11) is 0. The minimum absolute atomic E-state index is 0.162. The van der Waals surface area contributed by atoms with E-state index in [4.69, 9.17) is 0 Å². The van der Waals surface area contributed by atoms with Gasteiger partial charge in [0.1, 0.15) is 6.54 Å². The molecule has 0 aliphatic carbocycles. The van der Waals surface area contributed by atoms with Crippen molar-refractivity contribution in [2.45, 2.75) is 19.8 Å². The predicted octanol–water partition coefficient (Wildman–Crippen LogP) is 2.18. The summed E-state index contributed by atoms with van der Waals surface area (Å²) in [6.07, 6.45) is 9.55. The first-order valence-electron chi connectivity index (χ1n) is 4.19. The SMILES string of the molecule is CCCC[N+]1([O-])C=CC=CC1. The normalized spacial score (nSPS) is 29.3. The van der Waals surface area contributed by atoms with Gasteiger partial charge in [-0.2, -0.15) is 0 Å². The molecule has 1 aliphatic rings. The van der Waals surface area contributed by atoms with E-state index in [0.29, 0.717) is 6.54 Å². The number of nitrogens with zero attached hydrogens (tertiary/aromatic N) is 1. The van der Waals surface area contributed by atoms with Crippen LogP contribution < -0.4 is 0 Å². The molecule has 0 aromatic carbocycles. The lowest BCUT2D eigenvalue weighted by Gasteiger charge is -2.39. The van der Waals surface area contributed by atoms with E-state index >= 15 is 0 Å². The number of hydroxylamine groups is 3. The standard InChI is InChI=1S/C9H15NO/c1-2-3-7-10(11)8-5-4-6-9-10/h4-6,8H,2-3,7,9H2,1H3. The van der Waals surface area contributed by atoms with Crippen LogP contribution in [0.1, 0.15) is 19.8 Å². The molecule has 1 unspecified atom stereocenters. The van der Waals surface area contributed by atoms with E-state index in [9.17, 15) is 5.21 Å². The molecule has 0 radical (unpaired) electrons. The van der Waals surface area contributed by atoms with Gasteiger partial charge in [0, 0.05) is 0 Å². The molecule has 2 nitrogen and oxygen atoms in total. The molecular weight excluding hydrogens is 138 g/mol. The number of hydrogen-bond acceptors (Lipinski definition) is 1. The summed E-state index contributed by atoms with van der Waals surface area (Å²) in [5.74, 6) is 0. The van der Waals surface area contributed by atoms with E-state index in [0.717, 1.165) is 19.4 Å². The molecule has 1 atom stereocenters. The van der Waals surface area contributed by atoms with Crippen LogP contribution in [0, 0.1) is 5.21 Å². The van der Waals surface area contributed by atoms with Gasteiger partial charge in [-0.25, -0.2) is 0 Å². The number of hydrogen-bond donors (Lipinski definition) is 0. The third-order valence-corrected chi connectivity index (χ3v) is 1.91. The Morgan fingerprint density at radius 2 is 2.27 bits per heavy atom. The molecule has 2 heteroatoms. The van der Waals surface area contributed by atoms with Crippen molar-refractivity contribution in [3.8, 4) is 0 Å². The molecule has 0 saturated carbocycles. The van der Waals surface area contributed by atoms with E-state index in [1.807, 2.05) is 18.2 Å². The highest BCUT2D eigenvalue weighted by Gasteiger charge is 2.11. The number of rotatable bonds is 3. The third-order valence-electron chi connectivity index (χ3n) is 1.91. The zero-order valence-corrected chi connectivity index (χ0v) is 6.99. The van der Waals surface area contributed by atoms with Crippen molar-refractivity contribution < 1.29 is 4.65 Å². The summed E-state index contributed by atoms with van der Waals surface area (Å²) in [6.45, 7) is 3.43. The predicted molar refractivity (Wildman–Crippen MR) is 46.5 cm³/mol. The minimum atomic E-state index is -0.162. The molecule has 1 heterocycles. The topological polar surface area (TPSA) is 23.1 Å². The summed E-state index contributed by atoms with van der Waals surface area (Å²) in [5, 5.41) is 11.7. The molecule has 0 aromatic heterocycles. The second kappa shape index (κ2) is 3.69. The third kappa shape index (κ3) is 2.48. The van der Waals surface area contributed by atoms with Crippen LogP contribution in [0.15, 0.2) is 24.4 Å². The zero-order valence-electron chi connectivity index (χ0n) is 6.99. The van der Waals surface area contributed by atoms with E-state index in [1.165, 1.54) is 0 Å². The van der Waals surface area contributed by atoms with Crippen molar-refractivity contribution in [1.29, 1.82) is 0 Å². The fourth-order valence-corrected chi connectivity index (χ4v) is 1.18. The van der Waals surface area contributed by atoms with Gasteiger partial charge in [-0.05, 0) is 18.6 Å². The molecule has 1 aliphatic heterocycles. The smallest absolute Gasteiger partial charge is 0.102 e. The van der Waals surface area contributed by atoms with Gasteiger partial charge >= 0.3 is 0 Å². The fourth-order valence-electron chi connectivity index (χ4n) is 1.18. The molecule has 0 fully saturated rings. The lowest BCUT2D eigenvalue weighted by atomic mass is 10.3. The largest absolute Gasteiger partial charge is 0.628 e. The van der Waals surface area contributed by atoms with Gasteiger partial charge in [-0.1, -0.05) is 19.4 Å². The average Bonchev–Trinajstić information content (AvgIpc) is 2.03. The second-order valence-electron chi connectivity index (χ2n) is 2.98. The highest BCUT2D eigenvalue weighted by molar-refractivity contribution is 5.04. The Bertz CT molecular complexity index is 174. The van der Waals surface area contributed by atoms with Gasteiger partial charge < -0.3 is 9.85 Å². The molecule has 1 rings (SSSR count). The summed E-state index contributed by atoms with van der Waals surface area (Å²) in [6, 6.07) is 0. The summed E-state index contributed by atoms with van der Waals surface area (Å²) < 4.78 is -0.162. The summed E-state index contributed by atoms with van der Waals surface area (Å²) in [5.41, 5.74) is 0. The molecule has 62 valence electrons. The molecule has 0 spiro atoms. The van der Waals surface area contributed by atoms with Crippen molar-refractivity contribution in [2.75, 3.05) is 13.1 Å². The van der Waals surface area contributed by atoms with Crippen LogP contribution in [-0.4, -0.2) is 17.7 Å². The van der Waals surface area contributed by atoms with Gasteiger partial charge in [0.25, 0.3) is 0 Å². The summed E-state index contributed by atoms with van der Waals surface area (Å²) >= 11 is 0. The number of unbranched alkanes of at least 4 members (excludes halogenated alkanes) is 1. The molecule has 11 heavy (non-hydrogen) atoms. The Morgan fingerprint density at radius 1 is 1.45 bits per heavy atom. The molecule has 0 N–H and O–H groups in total. The maximum atomic E-state index is 11.7. The van der Waals surface area contributed by atoms with Gasteiger partial charge in [-0.3, -0.25) is 0 Å². The highest BCUT2D eigenvalue weighted by Crippen LogP contribution is 2.11. The van der Waals surface area contributed by atoms with Crippen molar-refractivity contribution in [3.05, 3.63) is 29.6 Å². The van der Waals surface area contributed by atoms with E-state index in [-0.39, 0.29) is 4.65 Å². The maximum absolute atomic E-state index is 11.7. The van der Waals surface area contributed by atoms with Gasteiger partial charge in [-0.15, -0.1) is 0 Å². The lowest BCUT2D eigenvalue weighted by Crippen LogP contribution is -2.38. The van der Waals surface area contributed by atoms with Crippen molar-refractivity contribution in [1.82, 2.24) is 0 Å². The van der Waals surface area contributed by atoms with Crippen LogP contribution in [-0.2, 0) is 0 Å². The lowest BCUT2D eigenvalue weighted by molar-refractivity contribution is -0.823. The highest BCUT2D eigenvalue weighted by atomic mass is 16.5. The molecular formula is C9H15NO. The monoisotopic (exact) mass is 153 g/mol. The van der Waals surface area contributed by atoms with Gasteiger partial charge in [0.05, 0.1) is 12.7 Å². The van der Waals surface area contributed by atoms with E-state index < -0.39 is 0 Å². The molecule has 0 saturated heterocycles. The van der Waals surface area contributed by atoms with Gasteiger partial charge in [0.15, 0.2) is 0 Å². The van der Waals surface area contributed by atoms with Crippen LogP contribution in [0.25, 0.3) is 0 Å². The zero-order chi connectivity index (χ0) is 8.16. The van der Waals surface area contributed by atoms with Crippen LogP contribution >= 0.6 is 0 Å². The molecule has 0 amide bonds. The van der Waals surface area contributed by atoms with Crippen LogP contribution in [0.4, 0.5) is 0 Å². The first-order chi connectivity index (χ1) is 5.27. The Morgan fingerprint density at radius 3 is 2.82 bits per heavy atom.